The Labute approximate surface area is 76.0 Å². The third-order valence-electron chi connectivity index (χ3n) is 2.26. The Morgan fingerprint density at radius 3 is 3.00 bits per heavy atom. The Hall–Kier alpha value is -1.09. The molecule has 1 heterocycles. The van der Waals surface area contributed by atoms with Crippen LogP contribution in [0.4, 0.5) is 4.39 Å². The first-order valence-corrected chi connectivity index (χ1v) is 4.31. The molecule has 0 fully saturated rings. The molecule has 0 amide bonds. The van der Waals surface area contributed by atoms with Gasteiger partial charge in [-0.2, -0.15) is 0 Å². The van der Waals surface area contributed by atoms with Gasteiger partial charge in [0.1, 0.15) is 11.6 Å². The standard InChI is InChI=1S/C10H11FO2/c1-6(12)8-4-7-2-3-13-10(7)5-9(8)11/h4-6,12H,2-3H2,1H3. The first-order valence-electron chi connectivity index (χ1n) is 4.31. The van der Waals surface area contributed by atoms with Crippen LogP contribution in [0.2, 0.25) is 0 Å². The molecular weight excluding hydrogens is 171 g/mol. The predicted octanol–water partition coefficient (Wildman–Crippen LogP) is 1.81. The summed E-state index contributed by atoms with van der Waals surface area (Å²) in [4.78, 5) is 0. The highest BCUT2D eigenvalue weighted by Gasteiger charge is 2.17. The summed E-state index contributed by atoms with van der Waals surface area (Å²) in [6.07, 6.45) is 0.0425. The van der Waals surface area contributed by atoms with Crippen molar-refractivity contribution >= 4 is 0 Å². The Morgan fingerprint density at radius 1 is 1.54 bits per heavy atom. The van der Waals surface area contributed by atoms with Crippen LogP contribution in [-0.2, 0) is 6.42 Å². The van der Waals surface area contributed by atoms with Crippen LogP contribution in [0.15, 0.2) is 12.1 Å². The number of aliphatic hydroxyl groups is 1. The number of halogens is 1. The predicted molar refractivity (Wildman–Crippen MR) is 46.2 cm³/mol. The first kappa shape index (κ1) is 8.51. The van der Waals surface area contributed by atoms with Gasteiger partial charge in [0.15, 0.2) is 0 Å². The highest BCUT2D eigenvalue weighted by molar-refractivity contribution is 5.41. The molecule has 2 nitrogen and oxygen atoms in total. The van der Waals surface area contributed by atoms with Gasteiger partial charge in [0.05, 0.1) is 12.7 Å². The van der Waals surface area contributed by atoms with Gasteiger partial charge in [0.25, 0.3) is 0 Å². The number of rotatable bonds is 1. The lowest BCUT2D eigenvalue weighted by Gasteiger charge is -2.08. The van der Waals surface area contributed by atoms with E-state index in [9.17, 15) is 9.50 Å². The Morgan fingerprint density at radius 2 is 2.31 bits per heavy atom. The molecule has 2 rings (SSSR count). The fourth-order valence-corrected chi connectivity index (χ4v) is 1.54. The van der Waals surface area contributed by atoms with Gasteiger partial charge in [-0.15, -0.1) is 0 Å². The zero-order chi connectivity index (χ0) is 9.42. The molecule has 0 aliphatic carbocycles. The molecule has 0 radical (unpaired) electrons. The Bertz CT molecular complexity index is 334. The molecule has 1 unspecified atom stereocenters. The number of benzene rings is 1. The van der Waals surface area contributed by atoms with E-state index in [1.807, 2.05) is 0 Å². The molecule has 1 aromatic rings. The topological polar surface area (TPSA) is 29.5 Å². The summed E-state index contributed by atoms with van der Waals surface area (Å²) in [5, 5.41) is 9.25. The van der Waals surface area contributed by atoms with Crippen molar-refractivity contribution in [3.63, 3.8) is 0 Å². The van der Waals surface area contributed by atoms with Crippen LogP contribution in [0.1, 0.15) is 24.2 Å². The number of ether oxygens (including phenoxy) is 1. The second-order valence-electron chi connectivity index (χ2n) is 3.26. The molecule has 1 aromatic carbocycles. The zero-order valence-corrected chi connectivity index (χ0v) is 7.38. The molecule has 0 saturated carbocycles. The summed E-state index contributed by atoms with van der Waals surface area (Å²) >= 11 is 0. The van der Waals surface area contributed by atoms with Crippen LogP contribution in [0.3, 0.4) is 0 Å². The van der Waals surface area contributed by atoms with Crippen molar-refractivity contribution in [1.82, 2.24) is 0 Å². The lowest BCUT2D eigenvalue weighted by atomic mass is 10.0. The second kappa shape index (κ2) is 3.00. The Balaban J connectivity index is 2.49. The number of hydrogen-bond acceptors (Lipinski definition) is 2. The van der Waals surface area contributed by atoms with Gasteiger partial charge in [0, 0.05) is 18.1 Å². The average Bonchev–Trinajstić information content (AvgIpc) is 2.48. The minimum Gasteiger partial charge on any atom is -0.493 e. The van der Waals surface area contributed by atoms with Crippen LogP contribution in [-0.4, -0.2) is 11.7 Å². The van der Waals surface area contributed by atoms with E-state index in [1.54, 1.807) is 13.0 Å². The third-order valence-corrected chi connectivity index (χ3v) is 2.26. The van der Waals surface area contributed by atoms with Gasteiger partial charge < -0.3 is 9.84 Å². The smallest absolute Gasteiger partial charge is 0.132 e. The quantitative estimate of drug-likeness (QED) is 0.717. The van der Waals surface area contributed by atoms with Crippen LogP contribution < -0.4 is 4.74 Å². The molecule has 1 atom stereocenters. The van der Waals surface area contributed by atoms with Gasteiger partial charge >= 0.3 is 0 Å². The Kier molecular flexibility index (Phi) is 1.96. The molecule has 0 spiro atoms. The van der Waals surface area contributed by atoms with Crippen LogP contribution in [0, 0.1) is 5.82 Å². The van der Waals surface area contributed by atoms with Crippen LogP contribution >= 0.6 is 0 Å². The molecule has 0 saturated heterocycles. The molecule has 3 heteroatoms. The van der Waals surface area contributed by atoms with E-state index in [-0.39, 0.29) is 0 Å². The average molecular weight is 182 g/mol. The van der Waals surface area contributed by atoms with Crippen LogP contribution in [0.5, 0.6) is 5.75 Å². The zero-order valence-electron chi connectivity index (χ0n) is 7.38. The van der Waals surface area contributed by atoms with E-state index in [4.69, 9.17) is 4.74 Å². The normalized spacial score (nSPS) is 16.5. The SMILES string of the molecule is CC(O)c1cc2c(cc1F)OCC2. The van der Waals surface area contributed by atoms with Gasteiger partial charge in [-0.3, -0.25) is 0 Å². The van der Waals surface area contributed by atoms with E-state index in [0.29, 0.717) is 17.9 Å². The maximum atomic E-state index is 13.3. The number of hydrogen-bond donors (Lipinski definition) is 1. The summed E-state index contributed by atoms with van der Waals surface area (Å²) in [7, 11) is 0. The summed E-state index contributed by atoms with van der Waals surface area (Å²) < 4.78 is 18.4. The van der Waals surface area contributed by atoms with Gasteiger partial charge in [-0.1, -0.05) is 0 Å². The van der Waals surface area contributed by atoms with Crippen molar-refractivity contribution in [2.45, 2.75) is 19.4 Å². The lowest BCUT2D eigenvalue weighted by molar-refractivity contribution is 0.194. The molecule has 13 heavy (non-hydrogen) atoms. The molecule has 70 valence electrons. The van der Waals surface area contributed by atoms with E-state index in [2.05, 4.69) is 0 Å². The molecule has 1 N–H and O–H groups in total. The second-order valence-corrected chi connectivity index (χ2v) is 3.26. The fraction of sp³-hybridized carbons (Fsp3) is 0.400. The fourth-order valence-electron chi connectivity index (χ4n) is 1.54. The maximum Gasteiger partial charge on any atom is 0.132 e. The summed E-state index contributed by atoms with van der Waals surface area (Å²) in [6.45, 7) is 2.17. The van der Waals surface area contributed by atoms with Crippen molar-refractivity contribution in [2.24, 2.45) is 0 Å². The van der Waals surface area contributed by atoms with Crippen molar-refractivity contribution in [3.8, 4) is 5.75 Å². The maximum absolute atomic E-state index is 13.3. The molecular formula is C10H11FO2. The van der Waals surface area contributed by atoms with Gasteiger partial charge in [0.2, 0.25) is 0 Å². The molecule has 1 aliphatic rings. The van der Waals surface area contributed by atoms with Crippen molar-refractivity contribution in [3.05, 3.63) is 29.1 Å². The van der Waals surface area contributed by atoms with Crippen molar-refractivity contribution in [1.29, 1.82) is 0 Å². The summed E-state index contributed by atoms with van der Waals surface area (Å²) in [5.41, 5.74) is 1.33. The minimum absolute atomic E-state index is 0.351. The largest absolute Gasteiger partial charge is 0.493 e. The lowest BCUT2D eigenvalue weighted by Crippen LogP contribution is -1.96. The van der Waals surface area contributed by atoms with E-state index in [0.717, 1.165) is 12.0 Å². The van der Waals surface area contributed by atoms with Crippen molar-refractivity contribution < 1.29 is 14.2 Å². The van der Waals surface area contributed by atoms with E-state index >= 15 is 0 Å². The monoisotopic (exact) mass is 182 g/mol. The van der Waals surface area contributed by atoms with E-state index in [1.165, 1.54) is 6.07 Å². The highest BCUT2D eigenvalue weighted by Crippen LogP contribution is 2.30. The van der Waals surface area contributed by atoms with Gasteiger partial charge in [-0.05, 0) is 18.6 Å². The minimum atomic E-state index is -0.758. The van der Waals surface area contributed by atoms with Gasteiger partial charge in [-0.25, -0.2) is 4.39 Å². The number of fused-ring (bicyclic) bond motifs is 1. The number of aliphatic hydroxyl groups excluding tert-OH is 1. The van der Waals surface area contributed by atoms with Crippen molar-refractivity contribution in [2.75, 3.05) is 6.61 Å². The summed E-state index contributed by atoms with van der Waals surface area (Å²) in [6, 6.07) is 3.03. The molecule has 1 aliphatic heterocycles. The third kappa shape index (κ3) is 1.40. The van der Waals surface area contributed by atoms with E-state index < -0.39 is 11.9 Å². The summed E-state index contributed by atoms with van der Waals surface area (Å²) in [5.74, 6) is 0.220. The molecule has 0 bridgehead atoms. The molecule has 0 aromatic heterocycles. The van der Waals surface area contributed by atoms with Crippen LogP contribution in [0.25, 0.3) is 0 Å². The highest BCUT2D eigenvalue weighted by atomic mass is 19.1. The first-order chi connectivity index (χ1) is 6.18.